The van der Waals surface area contributed by atoms with E-state index in [9.17, 15) is 4.79 Å². The van der Waals surface area contributed by atoms with E-state index in [0.29, 0.717) is 13.0 Å². The summed E-state index contributed by atoms with van der Waals surface area (Å²) in [7, 11) is 0. The molecule has 0 amide bonds. The molecule has 0 spiro atoms. The van der Waals surface area contributed by atoms with E-state index in [1.165, 1.54) is 148 Å². The number of unbranched alkanes of at least 4 members (excludes halogenated alkanes) is 22. The zero-order valence-corrected chi connectivity index (χ0v) is 25.8. The Bertz CT molecular complexity index is 468. The molecule has 0 N–H and O–H groups in total. The lowest BCUT2D eigenvalue weighted by Gasteiger charge is -2.06. The van der Waals surface area contributed by atoms with Gasteiger partial charge in [0.25, 0.3) is 0 Å². The summed E-state index contributed by atoms with van der Waals surface area (Å²) in [5.74, 6) is 0.890. The van der Waals surface area contributed by atoms with Crippen LogP contribution in [0.3, 0.4) is 0 Å². The third kappa shape index (κ3) is 33.2. The quantitative estimate of drug-likeness (QED) is 0.0534. The van der Waals surface area contributed by atoms with E-state index >= 15 is 0 Å². The van der Waals surface area contributed by atoms with Gasteiger partial charge in [0.05, 0.1) is 6.61 Å². The van der Waals surface area contributed by atoms with Crippen LogP contribution in [0, 0.1) is 5.92 Å². The Labute approximate surface area is 234 Å². The normalized spacial score (nSPS) is 11.7. The van der Waals surface area contributed by atoms with Crippen LogP contribution in [0.1, 0.15) is 194 Å². The summed E-state index contributed by atoms with van der Waals surface area (Å²) < 4.78 is 5.42. The third-order valence-electron chi connectivity index (χ3n) is 7.58. The number of esters is 1. The maximum absolute atomic E-state index is 11.9. The van der Waals surface area contributed by atoms with E-state index in [0.717, 1.165) is 25.2 Å². The first-order valence-electron chi connectivity index (χ1n) is 17.0. The molecular formula is C35H68O2. The second kappa shape index (κ2) is 31.4. The molecule has 0 saturated heterocycles. The maximum atomic E-state index is 11.9. The summed E-state index contributed by atoms with van der Waals surface area (Å²) in [6, 6.07) is 0. The molecule has 0 saturated carbocycles. The van der Waals surface area contributed by atoms with Crippen LogP contribution in [0.4, 0.5) is 0 Å². The molecule has 0 atom stereocenters. The molecule has 0 aliphatic heterocycles. The summed E-state index contributed by atoms with van der Waals surface area (Å²) in [5.41, 5.74) is 0. The summed E-state index contributed by atoms with van der Waals surface area (Å²) in [4.78, 5) is 11.9. The number of hydrogen-bond acceptors (Lipinski definition) is 2. The van der Waals surface area contributed by atoms with E-state index < -0.39 is 0 Å². The molecule has 0 aromatic carbocycles. The zero-order valence-electron chi connectivity index (χ0n) is 25.8. The van der Waals surface area contributed by atoms with Crippen molar-refractivity contribution in [2.45, 2.75) is 194 Å². The average Bonchev–Trinajstić information content (AvgIpc) is 2.88. The summed E-state index contributed by atoms with van der Waals surface area (Å²) in [6.07, 6.45) is 39.7. The lowest BCUT2D eigenvalue weighted by molar-refractivity contribution is -0.143. The fourth-order valence-corrected chi connectivity index (χ4v) is 5.02. The second-order valence-electron chi connectivity index (χ2n) is 12.0. The van der Waals surface area contributed by atoms with Gasteiger partial charge in [0, 0.05) is 6.42 Å². The monoisotopic (exact) mass is 521 g/mol. The van der Waals surface area contributed by atoms with Crippen LogP contribution in [0.2, 0.25) is 0 Å². The van der Waals surface area contributed by atoms with Crippen molar-refractivity contribution in [3.8, 4) is 0 Å². The van der Waals surface area contributed by atoms with Crippen molar-refractivity contribution in [2.24, 2.45) is 5.92 Å². The molecule has 0 unspecified atom stereocenters. The Morgan fingerprint density at radius 2 is 0.946 bits per heavy atom. The lowest BCUT2D eigenvalue weighted by Crippen LogP contribution is -2.05. The van der Waals surface area contributed by atoms with Gasteiger partial charge < -0.3 is 4.74 Å². The minimum atomic E-state index is 0.0153. The Hall–Kier alpha value is -0.790. The molecule has 0 fully saturated rings. The largest absolute Gasteiger partial charge is 0.466 e. The Kier molecular flexibility index (Phi) is 30.8. The predicted molar refractivity (Wildman–Crippen MR) is 165 cm³/mol. The molecule has 37 heavy (non-hydrogen) atoms. The number of hydrogen-bond donors (Lipinski definition) is 0. The van der Waals surface area contributed by atoms with Crippen molar-refractivity contribution < 1.29 is 9.53 Å². The van der Waals surface area contributed by atoms with Crippen LogP contribution in [-0.2, 0) is 9.53 Å². The first-order chi connectivity index (χ1) is 18.2. The molecule has 2 nitrogen and oxygen atoms in total. The molecule has 0 aliphatic rings. The van der Waals surface area contributed by atoms with Crippen LogP contribution in [0.25, 0.3) is 0 Å². The Morgan fingerprint density at radius 1 is 0.541 bits per heavy atom. The van der Waals surface area contributed by atoms with Crippen LogP contribution in [0.5, 0.6) is 0 Å². The van der Waals surface area contributed by atoms with Crippen molar-refractivity contribution in [2.75, 3.05) is 6.61 Å². The maximum Gasteiger partial charge on any atom is 0.305 e. The zero-order chi connectivity index (χ0) is 27.1. The van der Waals surface area contributed by atoms with Gasteiger partial charge in [0.15, 0.2) is 0 Å². The van der Waals surface area contributed by atoms with E-state index in [4.69, 9.17) is 4.74 Å². The number of carbonyl (C=O) groups is 1. The average molecular weight is 521 g/mol. The van der Waals surface area contributed by atoms with Crippen molar-refractivity contribution in [1.82, 2.24) is 0 Å². The minimum Gasteiger partial charge on any atom is -0.466 e. The van der Waals surface area contributed by atoms with Gasteiger partial charge in [-0.2, -0.15) is 0 Å². The summed E-state index contributed by atoms with van der Waals surface area (Å²) >= 11 is 0. The number of ether oxygens (including phenoxy) is 1. The minimum absolute atomic E-state index is 0.0153. The highest BCUT2D eigenvalue weighted by atomic mass is 16.5. The third-order valence-corrected chi connectivity index (χ3v) is 7.58. The highest BCUT2D eigenvalue weighted by Crippen LogP contribution is 2.15. The Balaban J connectivity index is 3.18. The molecule has 0 heterocycles. The highest BCUT2D eigenvalue weighted by molar-refractivity contribution is 5.69. The fourth-order valence-electron chi connectivity index (χ4n) is 5.02. The van der Waals surface area contributed by atoms with Crippen LogP contribution in [0.15, 0.2) is 12.2 Å². The van der Waals surface area contributed by atoms with E-state index in [1.54, 1.807) is 0 Å². The molecule has 0 rings (SSSR count). The van der Waals surface area contributed by atoms with Gasteiger partial charge in [-0.05, 0) is 44.4 Å². The van der Waals surface area contributed by atoms with Crippen LogP contribution >= 0.6 is 0 Å². The summed E-state index contributed by atoms with van der Waals surface area (Å²) in [6.45, 7) is 7.55. The smallest absolute Gasteiger partial charge is 0.305 e. The number of rotatable bonds is 30. The van der Waals surface area contributed by atoms with Gasteiger partial charge in [0.1, 0.15) is 0 Å². The molecule has 0 aromatic rings. The van der Waals surface area contributed by atoms with Gasteiger partial charge in [-0.25, -0.2) is 0 Å². The van der Waals surface area contributed by atoms with Crippen molar-refractivity contribution in [3.05, 3.63) is 12.2 Å². The van der Waals surface area contributed by atoms with Crippen molar-refractivity contribution in [3.63, 3.8) is 0 Å². The standard InChI is InChI=1S/C35H68O2/c1-4-5-6-7-8-9-10-13-17-20-23-26-29-32-35(36)37-33-30-27-24-21-18-15-12-11-14-16-19-22-25-28-31-34(2)3/h9-10,34H,4-8,11-33H2,1-3H3/b10-9-. The molecule has 220 valence electrons. The molecule has 0 bridgehead atoms. The van der Waals surface area contributed by atoms with Gasteiger partial charge in [0.2, 0.25) is 0 Å². The number of carbonyl (C=O) groups excluding carboxylic acids is 1. The predicted octanol–water partition coefficient (Wildman–Crippen LogP) is 12.3. The first-order valence-corrected chi connectivity index (χ1v) is 17.0. The molecule has 0 radical (unpaired) electrons. The fraction of sp³-hybridized carbons (Fsp3) is 0.914. The lowest BCUT2D eigenvalue weighted by atomic mass is 10.0. The second-order valence-corrected chi connectivity index (χ2v) is 12.0. The Morgan fingerprint density at radius 3 is 1.43 bits per heavy atom. The highest BCUT2D eigenvalue weighted by Gasteiger charge is 2.02. The van der Waals surface area contributed by atoms with E-state index in [-0.39, 0.29) is 5.97 Å². The molecule has 0 aliphatic carbocycles. The molecule has 0 aromatic heterocycles. The topological polar surface area (TPSA) is 26.3 Å². The van der Waals surface area contributed by atoms with Crippen molar-refractivity contribution >= 4 is 5.97 Å². The number of allylic oxidation sites excluding steroid dienone is 2. The van der Waals surface area contributed by atoms with Gasteiger partial charge in [-0.1, -0.05) is 161 Å². The SMILES string of the molecule is CCCCCC/C=C\CCCCCCCC(=O)OCCCCCCCCCCCCCCCCC(C)C. The van der Waals surface area contributed by atoms with Crippen LogP contribution < -0.4 is 0 Å². The molecular weight excluding hydrogens is 452 g/mol. The van der Waals surface area contributed by atoms with Gasteiger partial charge >= 0.3 is 5.97 Å². The summed E-state index contributed by atoms with van der Waals surface area (Å²) in [5, 5.41) is 0. The van der Waals surface area contributed by atoms with E-state index in [2.05, 4.69) is 32.9 Å². The van der Waals surface area contributed by atoms with E-state index in [1.807, 2.05) is 0 Å². The molecule has 2 heteroatoms. The van der Waals surface area contributed by atoms with Gasteiger partial charge in [-0.3, -0.25) is 4.79 Å². The van der Waals surface area contributed by atoms with Crippen molar-refractivity contribution in [1.29, 1.82) is 0 Å². The van der Waals surface area contributed by atoms with Gasteiger partial charge in [-0.15, -0.1) is 0 Å². The first kappa shape index (κ1) is 36.2. The van der Waals surface area contributed by atoms with Crippen LogP contribution in [-0.4, -0.2) is 12.6 Å².